The Bertz CT molecular complexity index is 719. The lowest BCUT2D eigenvalue weighted by Gasteiger charge is -2.21. The standard InChI is InChI=1S/C17H16O4/c18-11-6-7-13(14(9-11)17(20)21)16-12-4-2-1-3-10(12)5-8-15(16)19/h5-9,18-19H,1-4H2,(H,20,21). The number of hydrogen-bond donors (Lipinski definition) is 3. The Morgan fingerprint density at radius 2 is 1.76 bits per heavy atom. The normalized spacial score (nSPS) is 13.7. The van der Waals surface area contributed by atoms with Gasteiger partial charge in [0, 0.05) is 11.1 Å². The van der Waals surface area contributed by atoms with Crippen LogP contribution in [-0.4, -0.2) is 21.3 Å². The molecule has 0 atom stereocenters. The third-order valence-corrected chi connectivity index (χ3v) is 4.01. The van der Waals surface area contributed by atoms with E-state index >= 15 is 0 Å². The van der Waals surface area contributed by atoms with Gasteiger partial charge in [0.2, 0.25) is 0 Å². The molecule has 0 amide bonds. The number of phenols is 2. The van der Waals surface area contributed by atoms with Gasteiger partial charge in [-0.3, -0.25) is 0 Å². The number of aryl methyl sites for hydroxylation is 1. The zero-order chi connectivity index (χ0) is 15.0. The van der Waals surface area contributed by atoms with Crippen LogP contribution in [0.3, 0.4) is 0 Å². The lowest BCUT2D eigenvalue weighted by Crippen LogP contribution is -2.07. The fourth-order valence-corrected chi connectivity index (χ4v) is 3.04. The number of aromatic carboxylic acids is 1. The van der Waals surface area contributed by atoms with E-state index in [-0.39, 0.29) is 17.1 Å². The Morgan fingerprint density at radius 3 is 2.52 bits per heavy atom. The van der Waals surface area contributed by atoms with Crippen molar-refractivity contribution in [2.75, 3.05) is 0 Å². The molecule has 4 nitrogen and oxygen atoms in total. The van der Waals surface area contributed by atoms with Gasteiger partial charge in [-0.25, -0.2) is 4.79 Å². The van der Waals surface area contributed by atoms with Crippen molar-refractivity contribution in [2.45, 2.75) is 25.7 Å². The number of phenolic OH excluding ortho intramolecular Hbond substituents is 2. The molecule has 0 aromatic heterocycles. The van der Waals surface area contributed by atoms with Crippen molar-refractivity contribution in [3.63, 3.8) is 0 Å². The van der Waals surface area contributed by atoms with Crippen LogP contribution >= 0.6 is 0 Å². The molecule has 2 aromatic rings. The Hall–Kier alpha value is -2.49. The Balaban J connectivity index is 2.28. The molecule has 0 bridgehead atoms. The topological polar surface area (TPSA) is 77.8 Å². The second-order valence-electron chi connectivity index (χ2n) is 5.34. The first-order chi connectivity index (χ1) is 10.1. The number of hydrogen-bond acceptors (Lipinski definition) is 3. The van der Waals surface area contributed by atoms with Crippen LogP contribution in [0.25, 0.3) is 11.1 Å². The predicted molar refractivity (Wildman–Crippen MR) is 78.8 cm³/mol. The molecule has 0 fully saturated rings. The number of carboxylic acids is 1. The monoisotopic (exact) mass is 284 g/mol. The summed E-state index contributed by atoms with van der Waals surface area (Å²) in [6, 6.07) is 7.76. The maximum absolute atomic E-state index is 11.4. The highest BCUT2D eigenvalue weighted by molar-refractivity contribution is 5.98. The molecule has 0 saturated carbocycles. The number of aromatic hydroxyl groups is 2. The zero-order valence-electron chi connectivity index (χ0n) is 11.5. The average Bonchev–Trinajstić information content (AvgIpc) is 2.47. The summed E-state index contributed by atoms with van der Waals surface area (Å²) in [5, 5.41) is 29.1. The number of benzene rings is 2. The quantitative estimate of drug-likeness (QED) is 0.790. The van der Waals surface area contributed by atoms with Gasteiger partial charge in [0.25, 0.3) is 0 Å². The van der Waals surface area contributed by atoms with Gasteiger partial charge in [-0.1, -0.05) is 6.07 Å². The highest BCUT2D eigenvalue weighted by Crippen LogP contribution is 2.40. The van der Waals surface area contributed by atoms with E-state index in [0.717, 1.165) is 31.2 Å². The Labute approximate surface area is 122 Å². The first-order valence-electron chi connectivity index (χ1n) is 6.98. The number of fused-ring (bicyclic) bond motifs is 1. The fourth-order valence-electron chi connectivity index (χ4n) is 3.04. The van der Waals surface area contributed by atoms with Gasteiger partial charge in [-0.2, -0.15) is 0 Å². The summed E-state index contributed by atoms with van der Waals surface area (Å²) in [5.74, 6) is -1.13. The van der Waals surface area contributed by atoms with Crippen LogP contribution in [0, 0.1) is 0 Å². The van der Waals surface area contributed by atoms with Crippen molar-refractivity contribution in [1.82, 2.24) is 0 Å². The van der Waals surface area contributed by atoms with Crippen molar-refractivity contribution in [3.05, 3.63) is 47.0 Å². The molecule has 4 heteroatoms. The molecule has 0 spiro atoms. The first kappa shape index (κ1) is 13.5. The fraction of sp³-hybridized carbons (Fsp3) is 0.235. The van der Waals surface area contributed by atoms with Crippen molar-refractivity contribution in [3.8, 4) is 22.6 Å². The van der Waals surface area contributed by atoms with Crippen LogP contribution in [-0.2, 0) is 12.8 Å². The van der Waals surface area contributed by atoms with Crippen LogP contribution in [0.4, 0.5) is 0 Å². The molecular weight excluding hydrogens is 268 g/mol. The van der Waals surface area contributed by atoms with E-state index in [1.54, 1.807) is 12.1 Å². The van der Waals surface area contributed by atoms with E-state index in [9.17, 15) is 20.1 Å². The van der Waals surface area contributed by atoms with Gasteiger partial charge in [-0.15, -0.1) is 0 Å². The van der Waals surface area contributed by atoms with Gasteiger partial charge in [0.05, 0.1) is 5.56 Å². The van der Waals surface area contributed by atoms with E-state index in [1.807, 2.05) is 6.07 Å². The second-order valence-corrected chi connectivity index (χ2v) is 5.34. The summed E-state index contributed by atoms with van der Waals surface area (Å²) in [4.78, 5) is 11.4. The first-order valence-corrected chi connectivity index (χ1v) is 6.98. The molecule has 108 valence electrons. The molecule has 1 aliphatic carbocycles. The maximum Gasteiger partial charge on any atom is 0.336 e. The number of carbonyl (C=O) groups is 1. The van der Waals surface area contributed by atoms with Gasteiger partial charge in [0.1, 0.15) is 11.5 Å². The lowest BCUT2D eigenvalue weighted by atomic mass is 9.84. The maximum atomic E-state index is 11.4. The lowest BCUT2D eigenvalue weighted by molar-refractivity contribution is 0.0697. The van der Waals surface area contributed by atoms with E-state index in [1.165, 1.54) is 17.7 Å². The zero-order valence-corrected chi connectivity index (χ0v) is 11.5. The smallest absolute Gasteiger partial charge is 0.336 e. The number of rotatable bonds is 2. The predicted octanol–water partition coefficient (Wildman–Crippen LogP) is 3.34. The highest BCUT2D eigenvalue weighted by Gasteiger charge is 2.22. The largest absolute Gasteiger partial charge is 0.508 e. The third-order valence-electron chi connectivity index (χ3n) is 4.01. The van der Waals surface area contributed by atoms with E-state index in [4.69, 9.17) is 0 Å². The van der Waals surface area contributed by atoms with Gasteiger partial charge < -0.3 is 15.3 Å². The summed E-state index contributed by atoms with van der Waals surface area (Å²) in [7, 11) is 0. The van der Waals surface area contributed by atoms with E-state index in [0.29, 0.717) is 11.1 Å². The van der Waals surface area contributed by atoms with Crippen molar-refractivity contribution in [1.29, 1.82) is 0 Å². The van der Waals surface area contributed by atoms with Gasteiger partial charge in [-0.05, 0) is 61.1 Å². The van der Waals surface area contributed by atoms with E-state index < -0.39 is 5.97 Å². The molecule has 2 aromatic carbocycles. The molecule has 21 heavy (non-hydrogen) atoms. The molecule has 3 N–H and O–H groups in total. The molecule has 0 radical (unpaired) electrons. The summed E-state index contributed by atoms with van der Waals surface area (Å²) in [6.45, 7) is 0. The summed E-state index contributed by atoms with van der Waals surface area (Å²) < 4.78 is 0. The van der Waals surface area contributed by atoms with Crippen LogP contribution in [0.15, 0.2) is 30.3 Å². The van der Waals surface area contributed by atoms with Gasteiger partial charge in [0.15, 0.2) is 0 Å². The Kier molecular flexibility index (Phi) is 3.29. The minimum atomic E-state index is -1.12. The molecular formula is C17H16O4. The molecule has 1 aliphatic rings. The molecule has 0 aliphatic heterocycles. The summed E-state index contributed by atoms with van der Waals surface area (Å²) in [5.41, 5.74) is 3.23. The summed E-state index contributed by atoms with van der Waals surface area (Å²) >= 11 is 0. The number of carboxylic acid groups (broad SMARTS) is 1. The van der Waals surface area contributed by atoms with Crippen LogP contribution in [0.5, 0.6) is 11.5 Å². The third kappa shape index (κ3) is 2.33. The Morgan fingerprint density at radius 1 is 1.00 bits per heavy atom. The minimum Gasteiger partial charge on any atom is -0.508 e. The summed E-state index contributed by atoms with van der Waals surface area (Å²) in [6.07, 6.45) is 3.92. The van der Waals surface area contributed by atoms with Crippen LogP contribution in [0.2, 0.25) is 0 Å². The van der Waals surface area contributed by atoms with Crippen molar-refractivity contribution < 1.29 is 20.1 Å². The average molecular weight is 284 g/mol. The van der Waals surface area contributed by atoms with Crippen LogP contribution < -0.4 is 0 Å². The highest BCUT2D eigenvalue weighted by atomic mass is 16.4. The molecule has 0 saturated heterocycles. The minimum absolute atomic E-state index is 0.00396. The van der Waals surface area contributed by atoms with Crippen LogP contribution in [0.1, 0.15) is 34.3 Å². The molecule has 3 rings (SSSR count). The van der Waals surface area contributed by atoms with Gasteiger partial charge >= 0.3 is 5.97 Å². The van der Waals surface area contributed by atoms with E-state index in [2.05, 4.69) is 0 Å². The SMILES string of the molecule is O=C(O)c1cc(O)ccc1-c1c(O)ccc2c1CCCC2. The van der Waals surface area contributed by atoms with Crippen molar-refractivity contribution in [2.24, 2.45) is 0 Å². The van der Waals surface area contributed by atoms with Crippen molar-refractivity contribution >= 4 is 5.97 Å². The molecule has 0 unspecified atom stereocenters. The second kappa shape index (κ2) is 5.13. The molecule has 0 heterocycles.